The molecule has 2 aromatic rings. The van der Waals surface area contributed by atoms with E-state index in [0.29, 0.717) is 17.3 Å². The Morgan fingerprint density at radius 2 is 2.16 bits per heavy atom. The number of aryl methyl sites for hydroxylation is 1. The van der Waals surface area contributed by atoms with Gasteiger partial charge in [-0.2, -0.15) is 5.10 Å². The van der Waals surface area contributed by atoms with Crippen LogP contribution in [0.5, 0.6) is 0 Å². The Hall–Kier alpha value is -2.02. The summed E-state index contributed by atoms with van der Waals surface area (Å²) in [5.41, 5.74) is 0.0587. The molecular weight excluding hydrogens is 266 g/mol. The number of benzene rings is 1. The maximum absolute atomic E-state index is 12.3. The largest absolute Gasteiger partial charge is 0.478 e. The average Bonchev–Trinajstić information content (AvgIpc) is 2.85. The van der Waals surface area contributed by atoms with Crippen molar-refractivity contribution in [1.82, 2.24) is 14.8 Å². The molecule has 1 N–H and O–H groups in total. The fourth-order valence-electron chi connectivity index (χ4n) is 1.70. The van der Waals surface area contributed by atoms with E-state index in [1.54, 1.807) is 22.9 Å². The quantitative estimate of drug-likeness (QED) is 0.891. The summed E-state index contributed by atoms with van der Waals surface area (Å²) < 4.78 is 13.9. The highest BCUT2D eigenvalue weighted by atomic mass is 32.2. The second-order valence-electron chi connectivity index (χ2n) is 3.78. The molecule has 0 bridgehead atoms. The summed E-state index contributed by atoms with van der Waals surface area (Å²) in [6.07, 6.45) is 1.40. The molecule has 2 rings (SSSR count). The first-order valence-electron chi connectivity index (χ1n) is 5.71. The molecule has 1 heterocycles. The summed E-state index contributed by atoms with van der Waals surface area (Å²) in [5, 5.41) is 13.1. The molecule has 1 aromatic carbocycles. The first kappa shape index (κ1) is 13.4. The van der Waals surface area contributed by atoms with Crippen LogP contribution in [0, 0.1) is 0 Å². The van der Waals surface area contributed by atoms with Gasteiger partial charge in [0.2, 0.25) is 0 Å². The van der Waals surface area contributed by atoms with Crippen molar-refractivity contribution >= 4 is 16.8 Å². The minimum Gasteiger partial charge on any atom is -0.478 e. The van der Waals surface area contributed by atoms with Crippen LogP contribution in [0.1, 0.15) is 23.1 Å². The molecule has 0 saturated carbocycles. The topological polar surface area (TPSA) is 85.1 Å². The van der Waals surface area contributed by atoms with Crippen LogP contribution in [0.2, 0.25) is 0 Å². The highest BCUT2D eigenvalue weighted by molar-refractivity contribution is 7.84. The van der Waals surface area contributed by atoms with Crippen molar-refractivity contribution in [3.05, 3.63) is 42.0 Å². The number of hydrogen-bond acceptors (Lipinski definition) is 4. The third-order valence-electron chi connectivity index (χ3n) is 2.62. The van der Waals surface area contributed by atoms with Gasteiger partial charge in [-0.1, -0.05) is 12.1 Å². The molecule has 0 amide bonds. The Morgan fingerprint density at radius 1 is 1.42 bits per heavy atom. The first-order chi connectivity index (χ1) is 9.13. The molecule has 0 saturated heterocycles. The zero-order valence-corrected chi connectivity index (χ0v) is 11.1. The number of nitrogens with zero attached hydrogens (tertiary/aromatic N) is 3. The summed E-state index contributed by atoms with van der Waals surface area (Å²) in [5.74, 6) is -0.347. The van der Waals surface area contributed by atoms with Crippen LogP contribution in [-0.4, -0.2) is 30.0 Å². The predicted molar refractivity (Wildman–Crippen MR) is 69.2 cm³/mol. The number of aromatic carboxylic acids is 1. The zero-order chi connectivity index (χ0) is 13.8. The van der Waals surface area contributed by atoms with Crippen molar-refractivity contribution in [3.63, 3.8) is 0 Å². The lowest BCUT2D eigenvalue weighted by atomic mass is 10.2. The highest BCUT2D eigenvalue weighted by Crippen LogP contribution is 2.16. The molecule has 7 heteroatoms. The zero-order valence-electron chi connectivity index (χ0n) is 10.3. The van der Waals surface area contributed by atoms with Gasteiger partial charge in [-0.05, 0) is 19.1 Å². The molecule has 0 aliphatic heterocycles. The van der Waals surface area contributed by atoms with Crippen molar-refractivity contribution < 1.29 is 14.1 Å². The molecule has 0 radical (unpaired) electrons. The molecule has 0 spiro atoms. The van der Waals surface area contributed by atoms with Gasteiger partial charge in [-0.15, -0.1) is 0 Å². The van der Waals surface area contributed by atoms with Crippen LogP contribution in [0.4, 0.5) is 0 Å². The summed E-state index contributed by atoms with van der Waals surface area (Å²) >= 11 is 0. The van der Waals surface area contributed by atoms with Gasteiger partial charge in [0.25, 0.3) is 0 Å². The molecule has 1 unspecified atom stereocenters. The van der Waals surface area contributed by atoms with Crippen molar-refractivity contribution in [2.24, 2.45) is 0 Å². The molecule has 0 aliphatic carbocycles. The smallest absolute Gasteiger partial charge is 0.336 e. The fraction of sp³-hybridized carbons (Fsp3) is 0.250. The summed E-state index contributed by atoms with van der Waals surface area (Å²) in [7, 11) is -1.46. The second kappa shape index (κ2) is 5.75. The first-order valence-corrected chi connectivity index (χ1v) is 7.02. The van der Waals surface area contributed by atoms with Gasteiger partial charge in [0.1, 0.15) is 12.2 Å². The number of rotatable bonds is 5. The molecule has 0 fully saturated rings. The molecule has 0 aliphatic rings. The third kappa shape index (κ3) is 2.87. The van der Waals surface area contributed by atoms with E-state index in [-0.39, 0.29) is 11.3 Å². The Labute approximate surface area is 112 Å². The van der Waals surface area contributed by atoms with Crippen molar-refractivity contribution in [2.75, 3.05) is 0 Å². The number of carbonyl (C=O) groups is 1. The summed E-state index contributed by atoms with van der Waals surface area (Å²) in [4.78, 5) is 15.4. The number of hydrogen-bond donors (Lipinski definition) is 1. The Morgan fingerprint density at radius 3 is 2.84 bits per heavy atom. The highest BCUT2D eigenvalue weighted by Gasteiger charge is 2.16. The summed E-state index contributed by atoms with van der Waals surface area (Å²) in [6, 6.07) is 6.29. The van der Waals surface area contributed by atoms with E-state index >= 15 is 0 Å². The minimum absolute atomic E-state index is 0.0587. The monoisotopic (exact) mass is 279 g/mol. The maximum Gasteiger partial charge on any atom is 0.336 e. The van der Waals surface area contributed by atoms with Crippen LogP contribution < -0.4 is 0 Å². The van der Waals surface area contributed by atoms with Gasteiger partial charge in [-0.3, -0.25) is 4.21 Å². The molecule has 1 atom stereocenters. The average molecular weight is 279 g/mol. The van der Waals surface area contributed by atoms with Crippen LogP contribution in [0.25, 0.3) is 0 Å². The second-order valence-corrected chi connectivity index (χ2v) is 5.20. The lowest BCUT2D eigenvalue weighted by molar-refractivity contribution is 0.0693. The van der Waals surface area contributed by atoms with Gasteiger partial charge in [-0.25, -0.2) is 14.5 Å². The van der Waals surface area contributed by atoms with Crippen LogP contribution in [0.15, 0.2) is 35.5 Å². The number of carboxylic acids is 1. The van der Waals surface area contributed by atoms with Gasteiger partial charge >= 0.3 is 5.97 Å². The van der Waals surface area contributed by atoms with Crippen molar-refractivity contribution in [2.45, 2.75) is 24.1 Å². The van der Waals surface area contributed by atoms with Crippen LogP contribution in [0.3, 0.4) is 0 Å². The van der Waals surface area contributed by atoms with E-state index in [9.17, 15) is 9.00 Å². The molecule has 100 valence electrons. The van der Waals surface area contributed by atoms with E-state index in [1.807, 2.05) is 6.92 Å². The van der Waals surface area contributed by atoms with E-state index in [0.717, 1.165) is 0 Å². The normalized spacial score (nSPS) is 12.3. The molecule has 6 nitrogen and oxygen atoms in total. The third-order valence-corrected chi connectivity index (χ3v) is 3.99. The molecular formula is C12H13N3O3S. The lowest BCUT2D eigenvalue weighted by Crippen LogP contribution is -2.10. The lowest BCUT2D eigenvalue weighted by Gasteiger charge is -2.06. The Kier molecular flexibility index (Phi) is 4.06. The maximum atomic E-state index is 12.3. The van der Waals surface area contributed by atoms with Crippen LogP contribution in [-0.2, 0) is 23.1 Å². The number of aromatic nitrogens is 3. The summed E-state index contributed by atoms with van der Waals surface area (Å²) in [6.45, 7) is 2.54. The Balaban J connectivity index is 2.28. The van der Waals surface area contributed by atoms with Gasteiger partial charge in [0, 0.05) is 6.54 Å². The molecule has 1 aromatic heterocycles. The van der Waals surface area contributed by atoms with Gasteiger partial charge in [0.15, 0.2) is 0 Å². The van der Waals surface area contributed by atoms with E-state index < -0.39 is 16.8 Å². The van der Waals surface area contributed by atoms with Crippen molar-refractivity contribution in [3.8, 4) is 0 Å². The van der Waals surface area contributed by atoms with Crippen molar-refractivity contribution in [1.29, 1.82) is 0 Å². The number of carboxylic acid groups (broad SMARTS) is 1. The SMILES string of the molecule is CCn1ncnc1CS(=O)c1ccccc1C(=O)O. The van der Waals surface area contributed by atoms with E-state index in [1.165, 1.54) is 12.4 Å². The van der Waals surface area contributed by atoms with E-state index in [2.05, 4.69) is 10.1 Å². The minimum atomic E-state index is -1.46. The fourth-order valence-corrected chi connectivity index (χ4v) is 2.95. The standard InChI is InChI=1S/C12H13N3O3S/c1-2-15-11(13-8-14-15)7-19(18)10-6-4-3-5-9(10)12(16)17/h3-6,8H,2,7H2,1H3,(H,16,17). The predicted octanol–water partition coefficient (Wildman–Crippen LogP) is 1.30. The molecule has 19 heavy (non-hydrogen) atoms. The van der Waals surface area contributed by atoms with E-state index in [4.69, 9.17) is 5.11 Å². The van der Waals surface area contributed by atoms with Crippen LogP contribution >= 0.6 is 0 Å². The Bertz CT molecular complexity index is 624. The van der Waals surface area contributed by atoms with Gasteiger partial charge < -0.3 is 5.11 Å². The van der Waals surface area contributed by atoms with Gasteiger partial charge in [0.05, 0.1) is 27.0 Å².